The van der Waals surface area contributed by atoms with Crippen molar-refractivity contribution >= 4 is 0 Å². The predicted molar refractivity (Wildman–Crippen MR) is 43.0 cm³/mol. The van der Waals surface area contributed by atoms with Crippen molar-refractivity contribution in [2.75, 3.05) is 14.1 Å². The summed E-state index contributed by atoms with van der Waals surface area (Å²) < 4.78 is 0. The molecule has 2 nitrogen and oxygen atoms in total. The van der Waals surface area contributed by atoms with E-state index < -0.39 is 0 Å². The smallest absolute Gasteiger partial charge is 0.0210 e. The van der Waals surface area contributed by atoms with E-state index >= 15 is 0 Å². The zero-order valence-corrected chi connectivity index (χ0v) is 7.10. The highest BCUT2D eigenvalue weighted by Crippen LogP contribution is 1.80. The van der Waals surface area contributed by atoms with Gasteiger partial charge in [0.05, 0.1) is 0 Å². The minimum atomic E-state index is 0.838. The molecule has 0 unspecified atom stereocenters. The normalized spacial score (nSPS) is 9.67. The van der Waals surface area contributed by atoms with Crippen molar-refractivity contribution in [1.29, 1.82) is 0 Å². The number of hydrogen-bond donors (Lipinski definition) is 1. The molecule has 0 aliphatic heterocycles. The molecule has 0 rings (SSSR count). The van der Waals surface area contributed by atoms with Gasteiger partial charge >= 0.3 is 0 Å². The van der Waals surface area contributed by atoms with Gasteiger partial charge in [-0.1, -0.05) is 13.8 Å². The van der Waals surface area contributed by atoms with Gasteiger partial charge in [0.2, 0.25) is 0 Å². The molecule has 0 aliphatic carbocycles. The number of nitrogens with zero attached hydrogens (tertiary/aromatic N) is 1. The Kier molecular flexibility index (Phi) is 9.12. The molecule has 0 aliphatic rings. The third-order valence-electron chi connectivity index (χ3n) is 0.462. The average molecular weight is 130 g/mol. The fourth-order valence-electron chi connectivity index (χ4n) is 0.407. The molecule has 0 aromatic carbocycles. The molecule has 0 saturated heterocycles. The molecule has 0 fully saturated rings. The molecule has 2 N–H and O–H groups in total. The Hall–Kier alpha value is -0.660. The lowest BCUT2D eigenvalue weighted by Crippen LogP contribution is -2.05. The Labute approximate surface area is 58.3 Å². The largest absolute Gasteiger partial charge is 0.401 e. The maximum Gasteiger partial charge on any atom is 0.0210 e. The Balaban J connectivity index is 0. The SMILES string of the molecule is C/C(N)=C/N(C)C.CC. The fourth-order valence-corrected chi connectivity index (χ4v) is 0.407. The summed E-state index contributed by atoms with van der Waals surface area (Å²) in [6.07, 6.45) is 1.86. The van der Waals surface area contributed by atoms with E-state index in [-0.39, 0.29) is 0 Å². The first kappa shape index (κ1) is 11.2. The van der Waals surface area contributed by atoms with Crippen LogP contribution in [0.4, 0.5) is 0 Å². The monoisotopic (exact) mass is 130 g/mol. The van der Waals surface area contributed by atoms with Crippen LogP contribution in [0.1, 0.15) is 20.8 Å². The van der Waals surface area contributed by atoms with E-state index in [4.69, 9.17) is 5.73 Å². The van der Waals surface area contributed by atoms with Crippen molar-refractivity contribution in [2.45, 2.75) is 20.8 Å². The van der Waals surface area contributed by atoms with Crippen molar-refractivity contribution in [3.8, 4) is 0 Å². The zero-order valence-electron chi connectivity index (χ0n) is 7.10. The van der Waals surface area contributed by atoms with Crippen molar-refractivity contribution in [1.82, 2.24) is 4.90 Å². The first-order valence-corrected chi connectivity index (χ1v) is 3.23. The van der Waals surface area contributed by atoms with Gasteiger partial charge in [-0.05, 0) is 6.92 Å². The molecule has 0 spiro atoms. The van der Waals surface area contributed by atoms with E-state index in [0.717, 1.165) is 5.70 Å². The lowest BCUT2D eigenvalue weighted by atomic mass is 10.5. The number of rotatable bonds is 1. The topological polar surface area (TPSA) is 29.3 Å². The molecule has 0 atom stereocenters. The molecule has 2 heteroatoms. The van der Waals surface area contributed by atoms with Gasteiger partial charge < -0.3 is 10.6 Å². The van der Waals surface area contributed by atoms with Gasteiger partial charge in [-0.15, -0.1) is 0 Å². The molecule has 0 heterocycles. The summed E-state index contributed by atoms with van der Waals surface area (Å²) in [7, 11) is 3.88. The third-order valence-corrected chi connectivity index (χ3v) is 0.462. The number of nitrogens with two attached hydrogens (primary N) is 1. The molecule has 0 amide bonds. The first-order valence-electron chi connectivity index (χ1n) is 3.23. The minimum absolute atomic E-state index is 0.838. The highest BCUT2D eigenvalue weighted by atomic mass is 15.0. The summed E-state index contributed by atoms with van der Waals surface area (Å²) >= 11 is 0. The van der Waals surface area contributed by atoms with Crippen LogP contribution in [-0.2, 0) is 0 Å². The van der Waals surface area contributed by atoms with Crippen LogP contribution in [0.25, 0.3) is 0 Å². The molecule has 0 aromatic rings. The Morgan fingerprint density at radius 1 is 1.33 bits per heavy atom. The van der Waals surface area contributed by atoms with Crippen LogP contribution in [0.2, 0.25) is 0 Å². The van der Waals surface area contributed by atoms with Gasteiger partial charge in [-0.3, -0.25) is 0 Å². The van der Waals surface area contributed by atoms with Crippen molar-refractivity contribution in [3.05, 3.63) is 11.9 Å². The molecule has 0 radical (unpaired) electrons. The van der Waals surface area contributed by atoms with Gasteiger partial charge in [-0.2, -0.15) is 0 Å². The Bertz CT molecular complexity index is 71.0. The van der Waals surface area contributed by atoms with E-state index in [1.54, 1.807) is 0 Å². The maximum absolute atomic E-state index is 5.31. The van der Waals surface area contributed by atoms with Gasteiger partial charge in [0.1, 0.15) is 0 Å². The van der Waals surface area contributed by atoms with Crippen molar-refractivity contribution < 1.29 is 0 Å². The summed E-state index contributed by atoms with van der Waals surface area (Å²) in [5, 5.41) is 0. The third kappa shape index (κ3) is 18.8. The second-order valence-corrected chi connectivity index (χ2v) is 1.84. The summed E-state index contributed by atoms with van der Waals surface area (Å²) in [5.74, 6) is 0. The number of allylic oxidation sites excluding steroid dienone is 1. The highest BCUT2D eigenvalue weighted by molar-refractivity contribution is 4.88. The molecule has 0 bridgehead atoms. The summed E-state index contributed by atoms with van der Waals surface area (Å²) in [5.41, 5.74) is 6.15. The first-order chi connectivity index (χ1) is 4.13. The van der Waals surface area contributed by atoms with E-state index in [1.807, 2.05) is 46.0 Å². The van der Waals surface area contributed by atoms with Crippen LogP contribution in [0.5, 0.6) is 0 Å². The van der Waals surface area contributed by atoms with Crippen LogP contribution in [-0.4, -0.2) is 19.0 Å². The van der Waals surface area contributed by atoms with Gasteiger partial charge in [0, 0.05) is 26.0 Å². The molecular formula is C7H18N2. The maximum atomic E-state index is 5.31. The molecule has 56 valence electrons. The van der Waals surface area contributed by atoms with Crippen LogP contribution < -0.4 is 5.73 Å². The molecule has 9 heavy (non-hydrogen) atoms. The fraction of sp³-hybridized carbons (Fsp3) is 0.714. The second kappa shape index (κ2) is 7.34. The Morgan fingerprint density at radius 3 is 1.67 bits per heavy atom. The lowest BCUT2D eigenvalue weighted by molar-refractivity contribution is 0.557. The van der Waals surface area contributed by atoms with Crippen LogP contribution in [0.3, 0.4) is 0 Å². The second-order valence-electron chi connectivity index (χ2n) is 1.84. The predicted octanol–water partition coefficient (Wildman–Crippen LogP) is 1.39. The average Bonchev–Trinajstić information content (AvgIpc) is 1.68. The van der Waals surface area contributed by atoms with Crippen LogP contribution >= 0.6 is 0 Å². The Morgan fingerprint density at radius 2 is 1.67 bits per heavy atom. The van der Waals surface area contributed by atoms with E-state index in [1.165, 1.54) is 0 Å². The minimum Gasteiger partial charge on any atom is -0.401 e. The quantitative estimate of drug-likeness (QED) is 0.581. The standard InChI is InChI=1S/C5H12N2.C2H6/c1-5(6)4-7(2)3;1-2/h4H,6H2,1-3H3;1-2H3/b5-4-;. The van der Waals surface area contributed by atoms with Crippen molar-refractivity contribution in [3.63, 3.8) is 0 Å². The number of hydrogen-bond acceptors (Lipinski definition) is 2. The summed E-state index contributed by atoms with van der Waals surface area (Å²) in [6, 6.07) is 0. The van der Waals surface area contributed by atoms with Gasteiger partial charge in [-0.25, -0.2) is 0 Å². The van der Waals surface area contributed by atoms with Crippen molar-refractivity contribution in [2.24, 2.45) is 5.73 Å². The lowest BCUT2D eigenvalue weighted by Gasteiger charge is -2.03. The molecular weight excluding hydrogens is 112 g/mol. The van der Waals surface area contributed by atoms with E-state index in [9.17, 15) is 0 Å². The van der Waals surface area contributed by atoms with Gasteiger partial charge in [0.15, 0.2) is 0 Å². The molecule has 0 saturated carbocycles. The molecule has 0 aromatic heterocycles. The van der Waals surface area contributed by atoms with Crippen LogP contribution in [0, 0.1) is 0 Å². The van der Waals surface area contributed by atoms with E-state index in [2.05, 4.69) is 0 Å². The summed E-state index contributed by atoms with van der Waals surface area (Å²) in [4.78, 5) is 1.91. The summed E-state index contributed by atoms with van der Waals surface area (Å²) in [6.45, 7) is 5.86. The van der Waals surface area contributed by atoms with Crippen LogP contribution in [0.15, 0.2) is 11.9 Å². The van der Waals surface area contributed by atoms with Gasteiger partial charge in [0.25, 0.3) is 0 Å². The zero-order chi connectivity index (χ0) is 7.86. The van der Waals surface area contributed by atoms with E-state index in [0.29, 0.717) is 0 Å². The highest BCUT2D eigenvalue weighted by Gasteiger charge is 1.75.